The highest BCUT2D eigenvalue weighted by Gasteiger charge is 2.33. The predicted molar refractivity (Wildman–Crippen MR) is 157 cm³/mol. The number of carbonyl (C=O) groups is 2. The molecule has 0 saturated heterocycles. The zero-order chi connectivity index (χ0) is 28.7. The van der Waals surface area contributed by atoms with Gasteiger partial charge in [-0.25, -0.2) is 8.42 Å². The van der Waals surface area contributed by atoms with Crippen LogP contribution in [0.15, 0.2) is 71.6 Å². The number of halogens is 2. The molecule has 3 aromatic carbocycles. The number of rotatable bonds is 11. The third-order valence-corrected chi connectivity index (χ3v) is 8.81. The Morgan fingerprint density at radius 3 is 2.28 bits per heavy atom. The first-order chi connectivity index (χ1) is 18.4. The number of carbonyl (C=O) groups excluding carboxylic acids is 2. The molecule has 0 fully saturated rings. The molecule has 39 heavy (non-hydrogen) atoms. The normalized spacial score (nSPS) is 12.1. The molecule has 0 aliphatic heterocycles. The summed E-state index contributed by atoms with van der Waals surface area (Å²) in [6.45, 7) is 7.18. The van der Waals surface area contributed by atoms with Gasteiger partial charge < -0.3 is 10.2 Å². The number of amides is 2. The first-order valence-corrected chi connectivity index (χ1v) is 14.8. The van der Waals surface area contributed by atoms with Gasteiger partial charge in [-0.15, -0.1) is 0 Å². The topological polar surface area (TPSA) is 86.8 Å². The molecule has 0 aromatic heterocycles. The van der Waals surface area contributed by atoms with E-state index in [1.54, 1.807) is 56.3 Å². The van der Waals surface area contributed by atoms with E-state index in [0.29, 0.717) is 33.4 Å². The first-order valence-electron chi connectivity index (χ1n) is 12.6. The number of nitrogens with zero attached hydrogens (tertiary/aromatic N) is 2. The molecule has 3 rings (SSSR count). The molecule has 0 aliphatic carbocycles. The van der Waals surface area contributed by atoms with Crippen LogP contribution < -0.4 is 9.62 Å². The summed E-state index contributed by atoms with van der Waals surface area (Å²) in [6, 6.07) is 17.5. The molecule has 208 valence electrons. The Kier molecular flexibility index (Phi) is 10.4. The van der Waals surface area contributed by atoms with Gasteiger partial charge in [-0.2, -0.15) is 0 Å². The van der Waals surface area contributed by atoms with Crippen LogP contribution in [-0.2, 0) is 26.2 Å². The molecular formula is C29H33Cl2N3O4S. The minimum atomic E-state index is -4.12. The highest BCUT2D eigenvalue weighted by atomic mass is 35.5. The lowest BCUT2D eigenvalue weighted by Gasteiger charge is -2.32. The molecule has 1 N–H and O–H groups in total. The van der Waals surface area contributed by atoms with Gasteiger partial charge in [0, 0.05) is 13.1 Å². The molecule has 3 aromatic rings. The molecule has 0 aliphatic rings. The average Bonchev–Trinajstić information content (AvgIpc) is 2.92. The van der Waals surface area contributed by atoms with Gasteiger partial charge in [-0.3, -0.25) is 13.9 Å². The number of benzene rings is 3. The predicted octanol–water partition coefficient (Wildman–Crippen LogP) is 5.75. The standard InChI is InChI=1S/C29H33Cl2N3O4S/c1-5-15-32-29(36)22(4)33(18-23-13-14-25(30)26(31)17-23)28(35)19-34(27-16-20(2)11-12-21(27)3)39(37,38)24-9-7-6-8-10-24/h6-14,16-17,22H,5,15,18-19H2,1-4H3,(H,32,36)/t22-/m0/s1. The van der Waals surface area contributed by atoms with E-state index in [2.05, 4.69) is 5.32 Å². The lowest BCUT2D eigenvalue weighted by atomic mass is 10.1. The van der Waals surface area contributed by atoms with Gasteiger partial charge in [0.15, 0.2) is 0 Å². The average molecular weight is 591 g/mol. The van der Waals surface area contributed by atoms with Crippen LogP contribution in [0, 0.1) is 13.8 Å². The van der Waals surface area contributed by atoms with E-state index in [1.807, 2.05) is 26.0 Å². The molecule has 0 unspecified atom stereocenters. The fraction of sp³-hybridized carbons (Fsp3) is 0.310. The Bertz CT molecular complexity index is 1430. The van der Waals surface area contributed by atoms with Crippen LogP contribution in [0.1, 0.15) is 37.0 Å². The smallest absolute Gasteiger partial charge is 0.264 e. The maximum Gasteiger partial charge on any atom is 0.264 e. The summed E-state index contributed by atoms with van der Waals surface area (Å²) >= 11 is 12.3. The monoisotopic (exact) mass is 589 g/mol. The summed E-state index contributed by atoms with van der Waals surface area (Å²) in [5.74, 6) is -0.880. The highest BCUT2D eigenvalue weighted by molar-refractivity contribution is 7.92. The van der Waals surface area contributed by atoms with Crippen molar-refractivity contribution >= 4 is 50.7 Å². The van der Waals surface area contributed by atoms with Gasteiger partial charge >= 0.3 is 0 Å². The molecule has 0 radical (unpaired) electrons. The minimum Gasteiger partial charge on any atom is -0.354 e. The zero-order valence-electron chi connectivity index (χ0n) is 22.4. The summed E-state index contributed by atoms with van der Waals surface area (Å²) in [6.07, 6.45) is 0.731. The van der Waals surface area contributed by atoms with Crippen molar-refractivity contribution in [2.45, 2.75) is 51.6 Å². The van der Waals surface area contributed by atoms with E-state index in [9.17, 15) is 18.0 Å². The second-order valence-corrected chi connectivity index (χ2v) is 12.0. The molecule has 0 bridgehead atoms. The molecule has 10 heteroatoms. The van der Waals surface area contributed by atoms with E-state index >= 15 is 0 Å². The number of sulfonamides is 1. The summed E-state index contributed by atoms with van der Waals surface area (Å²) in [7, 11) is -4.12. The number of hydrogen-bond acceptors (Lipinski definition) is 4. The van der Waals surface area contributed by atoms with Crippen LogP contribution in [0.25, 0.3) is 0 Å². The lowest BCUT2D eigenvalue weighted by Crippen LogP contribution is -2.51. The van der Waals surface area contributed by atoms with Crippen molar-refractivity contribution in [1.82, 2.24) is 10.2 Å². The van der Waals surface area contributed by atoms with Gasteiger partial charge in [0.25, 0.3) is 10.0 Å². The van der Waals surface area contributed by atoms with E-state index in [4.69, 9.17) is 23.2 Å². The van der Waals surface area contributed by atoms with Crippen molar-refractivity contribution in [1.29, 1.82) is 0 Å². The van der Waals surface area contributed by atoms with Crippen molar-refractivity contribution in [3.8, 4) is 0 Å². The second kappa shape index (κ2) is 13.3. The zero-order valence-corrected chi connectivity index (χ0v) is 24.8. The molecule has 2 amide bonds. The summed E-state index contributed by atoms with van der Waals surface area (Å²) in [4.78, 5) is 28.3. The third-order valence-electron chi connectivity index (χ3n) is 6.30. The fourth-order valence-electron chi connectivity index (χ4n) is 4.03. The Morgan fingerprint density at radius 1 is 0.949 bits per heavy atom. The number of nitrogens with one attached hydrogen (secondary N) is 1. The van der Waals surface area contributed by atoms with Gasteiger partial charge in [0.05, 0.1) is 20.6 Å². The molecular weight excluding hydrogens is 557 g/mol. The largest absolute Gasteiger partial charge is 0.354 e. The van der Waals surface area contributed by atoms with E-state index < -0.39 is 28.5 Å². The van der Waals surface area contributed by atoms with Gasteiger partial charge in [0.2, 0.25) is 11.8 Å². The Balaban J connectivity index is 2.06. The van der Waals surface area contributed by atoms with Crippen LogP contribution in [0.4, 0.5) is 5.69 Å². The number of aryl methyl sites for hydroxylation is 2. The van der Waals surface area contributed by atoms with Crippen LogP contribution in [-0.4, -0.2) is 44.3 Å². The van der Waals surface area contributed by atoms with E-state index in [-0.39, 0.29) is 17.3 Å². The molecule has 0 heterocycles. The maximum absolute atomic E-state index is 14.0. The minimum absolute atomic E-state index is 0.0302. The SMILES string of the molecule is CCCNC(=O)[C@H](C)N(Cc1ccc(Cl)c(Cl)c1)C(=O)CN(c1cc(C)ccc1C)S(=O)(=O)c1ccccc1. The van der Waals surface area contributed by atoms with Crippen molar-refractivity contribution in [3.05, 3.63) is 93.5 Å². The van der Waals surface area contributed by atoms with Gasteiger partial charge in [-0.1, -0.05) is 66.5 Å². The fourth-order valence-corrected chi connectivity index (χ4v) is 5.85. The van der Waals surface area contributed by atoms with Gasteiger partial charge in [-0.05, 0) is 74.2 Å². The third kappa shape index (κ3) is 7.53. The second-order valence-electron chi connectivity index (χ2n) is 9.35. The highest BCUT2D eigenvalue weighted by Crippen LogP contribution is 2.29. The lowest BCUT2D eigenvalue weighted by molar-refractivity contribution is -0.139. The summed E-state index contributed by atoms with van der Waals surface area (Å²) in [5, 5.41) is 3.50. The quantitative estimate of drug-likeness (QED) is 0.308. The molecule has 0 saturated carbocycles. The number of hydrogen-bond donors (Lipinski definition) is 1. The van der Waals surface area contributed by atoms with E-state index in [1.165, 1.54) is 17.0 Å². The molecule has 0 spiro atoms. The first kappa shape index (κ1) is 30.5. The van der Waals surface area contributed by atoms with Crippen molar-refractivity contribution in [2.24, 2.45) is 0 Å². The summed E-state index contributed by atoms with van der Waals surface area (Å²) < 4.78 is 28.9. The number of anilines is 1. The molecule has 7 nitrogen and oxygen atoms in total. The Hall–Kier alpha value is -3.07. The van der Waals surface area contributed by atoms with Crippen molar-refractivity contribution in [3.63, 3.8) is 0 Å². The van der Waals surface area contributed by atoms with Crippen LogP contribution >= 0.6 is 23.2 Å². The van der Waals surface area contributed by atoms with Crippen molar-refractivity contribution < 1.29 is 18.0 Å². The van der Waals surface area contributed by atoms with Crippen LogP contribution in [0.3, 0.4) is 0 Å². The Morgan fingerprint density at radius 2 is 1.64 bits per heavy atom. The Labute approximate surface area is 240 Å². The maximum atomic E-state index is 14.0. The van der Waals surface area contributed by atoms with Gasteiger partial charge in [0.1, 0.15) is 12.6 Å². The van der Waals surface area contributed by atoms with Crippen molar-refractivity contribution in [2.75, 3.05) is 17.4 Å². The van der Waals surface area contributed by atoms with Crippen LogP contribution in [0.5, 0.6) is 0 Å². The summed E-state index contributed by atoms with van der Waals surface area (Å²) in [5.41, 5.74) is 2.58. The van der Waals surface area contributed by atoms with E-state index in [0.717, 1.165) is 16.3 Å². The molecule has 1 atom stereocenters. The van der Waals surface area contributed by atoms with Crippen LogP contribution in [0.2, 0.25) is 10.0 Å².